The fourth-order valence-corrected chi connectivity index (χ4v) is 3.82. The normalized spacial score (nSPS) is 14.5. The SMILES string of the molecule is Cc1ccc2c(c1)cc(CN(Cc1ccco1)C(=O)C1CCC1)c1nnnn12. The van der Waals surface area contributed by atoms with E-state index < -0.39 is 0 Å². The summed E-state index contributed by atoms with van der Waals surface area (Å²) in [6.45, 7) is 2.96. The molecule has 0 unspecified atom stereocenters. The molecule has 1 fully saturated rings. The van der Waals surface area contributed by atoms with Crippen LogP contribution in [0.1, 0.15) is 36.1 Å². The minimum Gasteiger partial charge on any atom is -0.467 e. The summed E-state index contributed by atoms with van der Waals surface area (Å²) in [6, 6.07) is 12.0. The minimum atomic E-state index is 0.115. The van der Waals surface area contributed by atoms with Crippen LogP contribution in [0, 0.1) is 12.8 Å². The van der Waals surface area contributed by atoms with Crippen molar-refractivity contribution in [3.8, 4) is 0 Å². The first-order valence-electron chi connectivity index (χ1n) is 9.60. The topological polar surface area (TPSA) is 76.5 Å². The number of furan rings is 1. The molecule has 1 aromatic carbocycles. The first-order chi connectivity index (χ1) is 13.7. The maximum absolute atomic E-state index is 13.1. The van der Waals surface area contributed by atoms with Crippen molar-refractivity contribution in [2.75, 3.05) is 0 Å². The van der Waals surface area contributed by atoms with Gasteiger partial charge in [-0.15, -0.1) is 5.10 Å². The van der Waals surface area contributed by atoms with E-state index in [9.17, 15) is 4.79 Å². The maximum Gasteiger partial charge on any atom is 0.226 e. The van der Waals surface area contributed by atoms with Gasteiger partial charge in [0.2, 0.25) is 5.91 Å². The number of carbonyl (C=O) groups excluding carboxylic acids is 1. The number of nitrogens with zero attached hydrogens (tertiary/aromatic N) is 5. The van der Waals surface area contributed by atoms with Crippen molar-refractivity contribution in [1.29, 1.82) is 0 Å². The largest absolute Gasteiger partial charge is 0.467 e. The number of amides is 1. The van der Waals surface area contributed by atoms with Crippen LogP contribution in [-0.2, 0) is 17.9 Å². The highest BCUT2D eigenvalue weighted by molar-refractivity contribution is 5.84. The average Bonchev–Trinajstić information content (AvgIpc) is 3.31. The lowest BCUT2D eigenvalue weighted by Gasteiger charge is -2.31. The lowest BCUT2D eigenvalue weighted by Crippen LogP contribution is -2.38. The van der Waals surface area contributed by atoms with Crippen LogP contribution < -0.4 is 0 Å². The smallest absolute Gasteiger partial charge is 0.226 e. The third kappa shape index (κ3) is 2.93. The molecule has 0 saturated heterocycles. The summed E-state index contributed by atoms with van der Waals surface area (Å²) in [6.07, 6.45) is 4.69. The highest BCUT2D eigenvalue weighted by Crippen LogP contribution is 2.30. The van der Waals surface area contributed by atoms with E-state index in [0.29, 0.717) is 18.7 Å². The van der Waals surface area contributed by atoms with Crippen molar-refractivity contribution in [1.82, 2.24) is 24.9 Å². The molecule has 3 heterocycles. The van der Waals surface area contributed by atoms with Gasteiger partial charge in [0.1, 0.15) is 5.76 Å². The van der Waals surface area contributed by atoms with Gasteiger partial charge in [0.25, 0.3) is 0 Å². The summed E-state index contributed by atoms with van der Waals surface area (Å²) in [5, 5.41) is 13.3. The molecule has 7 heteroatoms. The monoisotopic (exact) mass is 375 g/mol. The molecule has 0 bridgehead atoms. The minimum absolute atomic E-state index is 0.115. The predicted octanol–water partition coefficient (Wildman–Crippen LogP) is 3.51. The molecule has 0 atom stereocenters. The summed E-state index contributed by atoms with van der Waals surface area (Å²) >= 11 is 0. The van der Waals surface area contributed by atoms with Crippen molar-refractivity contribution in [3.05, 3.63) is 59.5 Å². The highest BCUT2D eigenvalue weighted by Gasteiger charge is 2.30. The van der Waals surface area contributed by atoms with Crippen LogP contribution in [0.2, 0.25) is 0 Å². The Morgan fingerprint density at radius 1 is 1.25 bits per heavy atom. The molecule has 1 amide bonds. The second-order valence-corrected chi connectivity index (χ2v) is 7.55. The Bertz CT molecular complexity index is 1140. The van der Waals surface area contributed by atoms with Gasteiger partial charge < -0.3 is 9.32 Å². The number of pyridine rings is 1. The third-order valence-electron chi connectivity index (χ3n) is 5.55. The summed E-state index contributed by atoms with van der Waals surface area (Å²) in [7, 11) is 0. The van der Waals surface area contributed by atoms with Gasteiger partial charge in [0, 0.05) is 23.4 Å². The molecule has 142 valence electrons. The van der Waals surface area contributed by atoms with Gasteiger partial charge in [-0.05, 0) is 60.5 Å². The van der Waals surface area contributed by atoms with E-state index >= 15 is 0 Å². The van der Waals surface area contributed by atoms with E-state index in [0.717, 1.165) is 41.5 Å². The average molecular weight is 375 g/mol. The second-order valence-electron chi connectivity index (χ2n) is 7.55. The number of tetrazole rings is 1. The zero-order valence-corrected chi connectivity index (χ0v) is 15.7. The van der Waals surface area contributed by atoms with Crippen LogP contribution in [-0.4, -0.2) is 30.8 Å². The molecular weight excluding hydrogens is 354 g/mol. The molecule has 5 rings (SSSR count). The number of benzene rings is 1. The second kappa shape index (κ2) is 6.74. The van der Waals surface area contributed by atoms with Gasteiger partial charge in [0.05, 0.1) is 18.3 Å². The number of hydrogen-bond donors (Lipinski definition) is 0. The van der Waals surface area contributed by atoms with Crippen molar-refractivity contribution in [3.63, 3.8) is 0 Å². The highest BCUT2D eigenvalue weighted by atomic mass is 16.3. The van der Waals surface area contributed by atoms with Crippen LogP contribution in [0.4, 0.5) is 0 Å². The Labute approximate surface area is 161 Å². The molecule has 1 saturated carbocycles. The first kappa shape index (κ1) is 16.9. The van der Waals surface area contributed by atoms with Gasteiger partial charge in [-0.3, -0.25) is 4.79 Å². The Kier molecular flexibility index (Phi) is 4.07. The number of aryl methyl sites for hydroxylation is 1. The van der Waals surface area contributed by atoms with E-state index in [1.165, 1.54) is 5.56 Å². The van der Waals surface area contributed by atoms with E-state index in [2.05, 4.69) is 34.6 Å². The zero-order chi connectivity index (χ0) is 19.1. The predicted molar refractivity (Wildman–Crippen MR) is 103 cm³/mol. The Morgan fingerprint density at radius 2 is 2.14 bits per heavy atom. The molecule has 4 aromatic rings. The van der Waals surface area contributed by atoms with Crippen LogP contribution in [0.25, 0.3) is 16.6 Å². The lowest BCUT2D eigenvalue weighted by molar-refractivity contribution is -0.139. The van der Waals surface area contributed by atoms with Gasteiger partial charge in [-0.1, -0.05) is 18.1 Å². The fraction of sp³-hybridized carbons (Fsp3) is 0.333. The van der Waals surface area contributed by atoms with Gasteiger partial charge in [-0.2, -0.15) is 4.52 Å². The van der Waals surface area contributed by atoms with Crippen molar-refractivity contribution in [2.45, 2.75) is 39.3 Å². The first-order valence-corrected chi connectivity index (χ1v) is 9.60. The molecule has 0 N–H and O–H groups in total. The van der Waals surface area contributed by atoms with Gasteiger partial charge in [0.15, 0.2) is 5.65 Å². The van der Waals surface area contributed by atoms with E-state index in [-0.39, 0.29) is 11.8 Å². The summed E-state index contributed by atoms with van der Waals surface area (Å²) < 4.78 is 7.26. The van der Waals surface area contributed by atoms with Crippen LogP contribution in [0.15, 0.2) is 47.1 Å². The molecule has 0 radical (unpaired) electrons. The van der Waals surface area contributed by atoms with Crippen LogP contribution in [0.3, 0.4) is 0 Å². The molecule has 3 aromatic heterocycles. The van der Waals surface area contributed by atoms with Crippen molar-refractivity contribution < 1.29 is 9.21 Å². The van der Waals surface area contributed by atoms with Crippen molar-refractivity contribution in [2.24, 2.45) is 5.92 Å². The summed E-state index contributed by atoms with van der Waals surface area (Å²) in [5.74, 6) is 1.07. The summed E-state index contributed by atoms with van der Waals surface area (Å²) in [5.41, 5.74) is 3.74. The van der Waals surface area contributed by atoms with Gasteiger partial charge in [-0.25, -0.2) is 0 Å². The van der Waals surface area contributed by atoms with Crippen LogP contribution in [0.5, 0.6) is 0 Å². The Hall–Kier alpha value is -3.22. The molecule has 1 aliphatic carbocycles. The van der Waals surface area contributed by atoms with Gasteiger partial charge >= 0.3 is 0 Å². The number of hydrogen-bond acceptors (Lipinski definition) is 5. The third-order valence-corrected chi connectivity index (χ3v) is 5.55. The van der Waals surface area contributed by atoms with E-state index in [1.54, 1.807) is 10.8 Å². The van der Waals surface area contributed by atoms with E-state index in [4.69, 9.17) is 4.42 Å². The molecule has 28 heavy (non-hydrogen) atoms. The number of aromatic nitrogens is 4. The number of carbonyl (C=O) groups is 1. The van der Waals surface area contributed by atoms with Crippen molar-refractivity contribution >= 4 is 22.5 Å². The molecule has 0 aliphatic heterocycles. The fourth-order valence-electron chi connectivity index (χ4n) is 3.82. The Balaban J connectivity index is 1.56. The van der Waals surface area contributed by atoms with E-state index in [1.807, 2.05) is 29.2 Å². The molecular formula is C21H21N5O2. The molecule has 7 nitrogen and oxygen atoms in total. The zero-order valence-electron chi connectivity index (χ0n) is 15.7. The van der Waals surface area contributed by atoms with Crippen LogP contribution >= 0.6 is 0 Å². The Morgan fingerprint density at radius 3 is 2.89 bits per heavy atom. The molecule has 0 spiro atoms. The molecule has 1 aliphatic rings. The lowest BCUT2D eigenvalue weighted by atomic mass is 9.84. The summed E-state index contributed by atoms with van der Waals surface area (Å²) in [4.78, 5) is 14.9. The number of rotatable bonds is 5. The quantitative estimate of drug-likeness (QED) is 0.533. The number of fused-ring (bicyclic) bond motifs is 3. The maximum atomic E-state index is 13.1. The standard InChI is InChI=1S/C21H21N5O2/c1-14-7-8-19-16(10-14)11-17(20-22-23-24-26(19)20)12-25(13-18-6-3-9-28-18)21(27)15-4-2-5-15/h3,6-11,15H,2,4-5,12-13H2,1H3.